The lowest BCUT2D eigenvalue weighted by Crippen LogP contribution is -1.98. The van der Waals surface area contributed by atoms with Gasteiger partial charge in [-0.15, -0.1) is 14.1 Å². The second-order valence-corrected chi connectivity index (χ2v) is 3.14. The van der Waals surface area contributed by atoms with Gasteiger partial charge in [-0.05, 0) is 41.5 Å². The molecule has 1 unspecified atom stereocenters. The fourth-order valence-electron chi connectivity index (χ4n) is 0.926. The molecule has 2 nitrogen and oxygen atoms in total. The zero-order chi connectivity index (χ0) is 8.43. The number of nitroso groups, excluding NO2 is 1. The smallest absolute Gasteiger partial charge is 0.111 e. The zero-order valence-electron chi connectivity index (χ0n) is 6.59. The molecular formula is C8H10NOP. The van der Waals surface area contributed by atoms with E-state index in [9.17, 15) is 4.91 Å². The second-order valence-electron chi connectivity index (χ2n) is 2.52. The molecule has 0 saturated carbocycles. The fourth-order valence-corrected chi connectivity index (χ4v) is 1.24. The summed E-state index contributed by atoms with van der Waals surface area (Å²) in [6, 6.07) is 3.61. The van der Waals surface area contributed by atoms with E-state index in [2.05, 4.69) is 14.4 Å². The molecule has 0 heterocycles. The first-order valence-corrected chi connectivity index (χ1v) is 3.93. The molecule has 1 aromatic carbocycles. The van der Waals surface area contributed by atoms with Gasteiger partial charge in [0.1, 0.15) is 5.69 Å². The lowest BCUT2D eigenvalue weighted by molar-refractivity contribution is 1.32. The van der Waals surface area contributed by atoms with Gasteiger partial charge in [0.05, 0.1) is 0 Å². The second kappa shape index (κ2) is 3.10. The van der Waals surface area contributed by atoms with Crippen LogP contribution in [-0.4, -0.2) is 0 Å². The highest BCUT2D eigenvalue weighted by atomic mass is 31.0. The van der Waals surface area contributed by atoms with Crippen molar-refractivity contribution < 1.29 is 0 Å². The number of nitrogens with zero attached hydrogens (tertiary/aromatic N) is 1. The summed E-state index contributed by atoms with van der Waals surface area (Å²) in [7, 11) is 2.62. The molecule has 1 aromatic rings. The van der Waals surface area contributed by atoms with Crippen LogP contribution in [0.3, 0.4) is 0 Å². The summed E-state index contributed by atoms with van der Waals surface area (Å²) in [6.07, 6.45) is 0. The van der Waals surface area contributed by atoms with Crippen molar-refractivity contribution in [2.45, 2.75) is 13.8 Å². The van der Waals surface area contributed by atoms with Crippen molar-refractivity contribution in [2.75, 3.05) is 0 Å². The maximum atomic E-state index is 10.2. The Morgan fingerprint density at radius 3 is 2.45 bits per heavy atom. The standard InChI is InChI=1S/C8H10NOP/c1-5-6(2)8(11)4-3-7(5)9-10/h3-4H,11H2,1-2H3. The van der Waals surface area contributed by atoms with Crippen LogP contribution >= 0.6 is 9.24 Å². The van der Waals surface area contributed by atoms with Crippen LogP contribution in [0, 0.1) is 18.8 Å². The van der Waals surface area contributed by atoms with Crippen LogP contribution in [0.4, 0.5) is 5.69 Å². The van der Waals surface area contributed by atoms with Gasteiger partial charge in [-0.1, -0.05) is 6.07 Å². The summed E-state index contributed by atoms with van der Waals surface area (Å²) in [5.74, 6) is 0. The highest BCUT2D eigenvalue weighted by Gasteiger charge is 2.02. The summed E-state index contributed by atoms with van der Waals surface area (Å²) in [5, 5.41) is 4.03. The first-order chi connectivity index (χ1) is 5.16. The van der Waals surface area contributed by atoms with E-state index in [0.717, 1.165) is 16.4 Å². The fraction of sp³-hybridized carbons (Fsp3) is 0.250. The Kier molecular flexibility index (Phi) is 2.35. The topological polar surface area (TPSA) is 29.4 Å². The van der Waals surface area contributed by atoms with Crippen molar-refractivity contribution in [2.24, 2.45) is 5.18 Å². The summed E-state index contributed by atoms with van der Waals surface area (Å²) in [6.45, 7) is 3.88. The van der Waals surface area contributed by atoms with Crippen molar-refractivity contribution in [3.8, 4) is 0 Å². The van der Waals surface area contributed by atoms with Crippen molar-refractivity contribution in [3.63, 3.8) is 0 Å². The molecule has 0 fully saturated rings. The largest absolute Gasteiger partial charge is 0.145 e. The van der Waals surface area contributed by atoms with E-state index in [1.165, 1.54) is 0 Å². The van der Waals surface area contributed by atoms with Crippen LogP contribution in [0.2, 0.25) is 0 Å². The maximum Gasteiger partial charge on any atom is 0.111 e. The van der Waals surface area contributed by atoms with Crippen molar-refractivity contribution in [3.05, 3.63) is 28.2 Å². The molecule has 3 heteroatoms. The van der Waals surface area contributed by atoms with Crippen LogP contribution in [0.1, 0.15) is 11.1 Å². The van der Waals surface area contributed by atoms with E-state index in [4.69, 9.17) is 0 Å². The minimum Gasteiger partial charge on any atom is -0.145 e. The Balaban J connectivity index is 3.36. The molecule has 0 N–H and O–H groups in total. The van der Waals surface area contributed by atoms with E-state index in [0.29, 0.717) is 5.69 Å². The van der Waals surface area contributed by atoms with Crippen LogP contribution < -0.4 is 5.30 Å². The van der Waals surface area contributed by atoms with Crippen molar-refractivity contribution >= 4 is 20.2 Å². The maximum absolute atomic E-state index is 10.2. The molecule has 58 valence electrons. The normalized spacial score (nSPS) is 9.73. The predicted octanol–water partition coefficient (Wildman–Crippen LogP) is 2.20. The molecule has 1 rings (SSSR count). The SMILES string of the molecule is Cc1c(P)ccc(N=O)c1C. The highest BCUT2D eigenvalue weighted by Crippen LogP contribution is 2.20. The number of rotatable bonds is 1. The molecule has 0 radical (unpaired) electrons. The van der Waals surface area contributed by atoms with Gasteiger partial charge in [0.15, 0.2) is 0 Å². The van der Waals surface area contributed by atoms with E-state index in [1.807, 2.05) is 19.9 Å². The number of benzene rings is 1. The number of hydrogen-bond acceptors (Lipinski definition) is 2. The molecule has 0 bridgehead atoms. The molecule has 11 heavy (non-hydrogen) atoms. The summed E-state index contributed by atoms with van der Waals surface area (Å²) < 4.78 is 0. The lowest BCUT2D eigenvalue weighted by Gasteiger charge is -2.04. The first kappa shape index (κ1) is 8.35. The third-order valence-corrected chi connectivity index (χ3v) is 2.52. The van der Waals surface area contributed by atoms with E-state index in [1.54, 1.807) is 6.07 Å². The van der Waals surface area contributed by atoms with Gasteiger partial charge >= 0.3 is 0 Å². The average Bonchev–Trinajstić information content (AvgIpc) is 2.01. The number of hydrogen-bond donors (Lipinski definition) is 0. The molecule has 0 amide bonds. The Morgan fingerprint density at radius 1 is 1.27 bits per heavy atom. The quantitative estimate of drug-likeness (QED) is 0.465. The molecule has 1 atom stereocenters. The first-order valence-electron chi connectivity index (χ1n) is 3.36. The Morgan fingerprint density at radius 2 is 1.91 bits per heavy atom. The summed E-state index contributed by atoms with van der Waals surface area (Å²) in [4.78, 5) is 10.2. The van der Waals surface area contributed by atoms with E-state index >= 15 is 0 Å². The average molecular weight is 167 g/mol. The molecule has 0 aromatic heterocycles. The Bertz CT molecular complexity index is 296. The molecule has 0 saturated heterocycles. The van der Waals surface area contributed by atoms with E-state index in [-0.39, 0.29) is 0 Å². The molecule has 0 aliphatic carbocycles. The van der Waals surface area contributed by atoms with Crippen molar-refractivity contribution in [1.29, 1.82) is 0 Å². The van der Waals surface area contributed by atoms with Gasteiger partial charge in [0, 0.05) is 0 Å². The van der Waals surface area contributed by atoms with Crippen LogP contribution in [-0.2, 0) is 0 Å². The van der Waals surface area contributed by atoms with E-state index < -0.39 is 0 Å². The van der Waals surface area contributed by atoms with Crippen LogP contribution in [0.5, 0.6) is 0 Å². The van der Waals surface area contributed by atoms with Crippen LogP contribution in [0.15, 0.2) is 17.3 Å². The van der Waals surface area contributed by atoms with Crippen LogP contribution in [0.25, 0.3) is 0 Å². The van der Waals surface area contributed by atoms with Gasteiger partial charge in [-0.3, -0.25) is 0 Å². The van der Waals surface area contributed by atoms with Gasteiger partial charge in [0.25, 0.3) is 0 Å². The predicted molar refractivity (Wildman–Crippen MR) is 50.7 cm³/mol. The Labute approximate surface area is 68.2 Å². The third kappa shape index (κ3) is 1.46. The third-order valence-electron chi connectivity index (χ3n) is 1.90. The highest BCUT2D eigenvalue weighted by molar-refractivity contribution is 7.27. The van der Waals surface area contributed by atoms with Gasteiger partial charge in [-0.25, -0.2) is 0 Å². The van der Waals surface area contributed by atoms with Gasteiger partial charge in [0.2, 0.25) is 0 Å². The van der Waals surface area contributed by atoms with Crippen molar-refractivity contribution in [1.82, 2.24) is 0 Å². The zero-order valence-corrected chi connectivity index (χ0v) is 7.74. The minimum atomic E-state index is 0.536. The Hall–Kier alpha value is -0.750. The van der Waals surface area contributed by atoms with Gasteiger partial charge in [-0.2, -0.15) is 0 Å². The molecular weight excluding hydrogens is 157 g/mol. The summed E-state index contributed by atoms with van der Waals surface area (Å²) in [5.41, 5.74) is 2.62. The minimum absolute atomic E-state index is 0.536. The van der Waals surface area contributed by atoms with Gasteiger partial charge < -0.3 is 0 Å². The molecule has 0 aliphatic rings. The lowest BCUT2D eigenvalue weighted by atomic mass is 10.1. The monoisotopic (exact) mass is 167 g/mol. The molecule has 0 aliphatic heterocycles. The molecule has 0 spiro atoms. The summed E-state index contributed by atoms with van der Waals surface area (Å²) >= 11 is 0.